The molecule has 1 saturated carbocycles. The molecule has 0 aromatic heterocycles. The highest BCUT2D eigenvalue weighted by molar-refractivity contribution is 4.87. The summed E-state index contributed by atoms with van der Waals surface area (Å²) in [5.74, 6) is 0. The van der Waals surface area contributed by atoms with Crippen molar-refractivity contribution in [3.63, 3.8) is 0 Å². The molecular formula is C15H30N2O. The SMILES string of the molecule is CC(O)CC1CCCCCN1C1CCCC(N)C1. The van der Waals surface area contributed by atoms with Gasteiger partial charge in [0.2, 0.25) is 0 Å². The van der Waals surface area contributed by atoms with Crippen molar-refractivity contribution in [2.75, 3.05) is 6.54 Å². The second kappa shape index (κ2) is 6.88. The Morgan fingerprint density at radius 2 is 2.00 bits per heavy atom. The van der Waals surface area contributed by atoms with Gasteiger partial charge in [-0.25, -0.2) is 0 Å². The molecule has 1 heterocycles. The number of aliphatic hydroxyl groups is 1. The molecule has 2 fully saturated rings. The summed E-state index contributed by atoms with van der Waals surface area (Å²) in [5, 5.41) is 9.71. The molecule has 106 valence electrons. The maximum Gasteiger partial charge on any atom is 0.0527 e. The number of hydrogen-bond acceptors (Lipinski definition) is 3. The molecule has 0 radical (unpaired) electrons. The van der Waals surface area contributed by atoms with Gasteiger partial charge < -0.3 is 10.8 Å². The number of likely N-dealkylation sites (tertiary alicyclic amines) is 1. The van der Waals surface area contributed by atoms with Crippen LogP contribution in [0.3, 0.4) is 0 Å². The first-order valence-electron chi connectivity index (χ1n) is 7.86. The van der Waals surface area contributed by atoms with Crippen molar-refractivity contribution < 1.29 is 5.11 Å². The van der Waals surface area contributed by atoms with Gasteiger partial charge in [-0.15, -0.1) is 0 Å². The Bertz CT molecular complexity index is 245. The molecule has 3 heteroatoms. The minimum atomic E-state index is -0.173. The number of nitrogens with two attached hydrogens (primary N) is 1. The monoisotopic (exact) mass is 254 g/mol. The highest BCUT2D eigenvalue weighted by Gasteiger charge is 2.31. The average Bonchev–Trinajstić information content (AvgIpc) is 2.54. The van der Waals surface area contributed by atoms with Crippen molar-refractivity contribution in [3.8, 4) is 0 Å². The van der Waals surface area contributed by atoms with Crippen LogP contribution >= 0.6 is 0 Å². The highest BCUT2D eigenvalue weighted by atomic mass is 16.3. The van der Waals surface area contributed by atoms with E-state index in [2.05, 4.69) is 4.90 Å². The maximum atomic E-state index is 9.71. The maximum absolute atomic E-state index is 9.71. The van der Waals surface area contributed by atoms with E-state index in [1.807, 2.05) is 6.92 Å². The van der Waals surface area contributed by atoms with Crippen LogP contribution in [0.1, 0.15) is 64.7 Å². The minimum absolute atomic E-state index is 0.173. The summed E-state index contributed by atoms with van der Waals surface area (Å²) in [4.78, 5) is 2.69. The van der Waals surface area contributed by atoms with Gasteiger partial charge in [-0.3, -0.25) is 4.90 Å². The molecule has 2 rings (SSSR count). The first-order valence-corrected chi connectivity index (χ1v) is 7.86. The van der Waals surface area contributed by atoms with Crippen LogP contribution < -0.4 is 5.73 Å². The van der Waals surface area contributed by atoms with Gasteiger partial charge in [-0.05, 0) is 52.0 Å². The molecule has 0 spiro atoms. The second-order valence-electron chi connectivity index (χ2n) is 6.41. The van der Waals surface area contributed by atoms with Crippen LogP contribution in [0.25, 0.3) is 0 Å². The summed E-state index contributed by atoms with van der Waals surface area (Å²) in [7, 11) is 0. The zero-order chi connectivity index (χ0) is 13.0. The zero-order valence-corrected chi connectivity index (χ0v) is 11.9. The Labute approximate surface area is 112 Å². The fourth-order valence-electron chi connectivity index (χ4n) is 3.83. The third kappa shape index (κ3) is 3.94. The first kappa shape index (κ1) is 14.3. The summed E-state index contributed by atoms with van der Waals surface area (Å²) in [6, 6.07) is 1.66. The van der Waals surface area contributed by atoms with E-state index >= 15 is 0 Å². The fraction of sp³-hybridized carbons (Fsp3) is 1.00. The summed E-state index contributed by atoms with van der Waals surface area (Å²) in [6.07, 6.45) is 11.0. The van der Waals surface area contributed by atoms with Gasteiger partial charge in [0.1, 0.15) is 0 Å². The van der Waals surface area contributed by atoms with E-state index in [9.17, 15) is 5.11 Å². The molecule has 1 aliphatic heterocycles. The molecule has 4 atom stereocenters. The highest BCUT2D eigenvalue weighted by Crippen LogP contribution is 2.29. The zero-order valence-electron chi connectivity index (χ0n) is 11.9. The van der Waals surface area contributed by atoms with E-state index in [1.54, 1.807) is 0 Å². The van der Waals surface area contributed by atoms with E-state index in [0.717, 1.165) is 12.8 Å². The third-order valence-corrected chi connectivity index (χ3v) is 4.69. The van der Waals surface area contributed by atoms with Crippen LogP contribution in [0.5, 0.6) is 0 Å². The molecule has 1 aliphatic carbocycles. The van der Waals surface area contributed by atoms with Crippen molar-refractivity contribution in [1.82, 2.24) is 4.90 Å². The number of aliphatic hydroxyl groups excluding tert-OH is 1. The van der Waals surface area contributed by atoms with Gasteiger partial charge in [0, 0.05) is 18.1 Å². The van der Waals surface area contributed by atoms with Crippen LogP contribution in [-0.4, -0.2) is 40.8 Å². The molecule has 18 heavy (non-hydrogen) atoms. The molecule has 2 aliphatic rings. The number of rotatable bonds is 3. The van der Waals surface area contributed by atoms with E-state index in [4.69, 9.17) is 5.73 Å². The van der Waals surface area contributed by atoms with Crippen molar-refractivity contribution in [2.45, 2.75) is 88.9 Å². The average molecular weight is 254 g/mol. The van der Waals surface area contributed by atoms with Crippen LogP contribution in [-0.2, 0) is 0 Å². The number of hydrogen-bond donors (Lipinski definition) is 2. The molecule has 3 N–H and O–H groups in total. The molecular weight excluding hydrogens is 224 g/mol. The predicted octanol–water partition coefficient (Wildman–Crippen LogP) is 2.27. The molecule has 0 aromatic rings. The van der Waals surface area contributed by atoms with Gasteiger partial charge in [-0.1, -0.05) is 19.3 Å². The predicted molar refractivity (Wildman–Crippen MR) is 75.5 cm³/mol. The summed E-state index contributed by atoms with van der Waals surface area (Å²) in [5.41, 5.74) is 6.14. The van der Waals surface area contributed by atoms with Gasteiger partial charge in [0.15, 0.2) is 0 Å². The largest absolute Gasteiger partial charge is 0.393 e. The Balaban J connectivity index is 1.99. The Kier molecular flexibility index (Phi) is 5.46. The smallest absolute Gasteiger partial charge is 0.0527 e. The Hall–Kier alpha value is -0.120. The Morgan fingerprint density at radius 3 is 2.72 bits per heavy atom. The molecule has 1 saturated heterocycles. The molecule has 0 amide bonds. The van der Waals surface area contributed by atoms with Crippen molar-refractivity contribution in [3.05, 3.63) is 0 Å². The molecule has 4 unspecified atom stereocenters. The van der Waals surface area contributed by atoms with Gasteiger partial charge in [-0.2, -0.15) is 0 Å². The lowest BCUT2D eigenvalue weighted by Crippen LogP contribution is -2.48. The quantitative estimate of drug-likeness (QED) is 0.812. The van der Waals surface area contributed by atoms with Gasteiger partial charge >= 0.3 is 0 Å². The number of nitrogens with zero attached hydrogens (tertiary/aromatic N) is 1. The van der Waals surface area contributed by atoms with Crippen molar-refractivity contribution in [2.24, 2.45) is 5.73 Å². The van der Waals surface area contributed by atoms with Gasteiger partial charge in [0.05, 0.1) is 6.10 Å². The van der Waals surface area contributed by atoms with Crippen LogP contribution in [0.4, 0.5) is 0 Å². The van der Waals surface area contributed by atoms with E-state index < -0.39 is 0 Å². The van der Waals surface area contributed by atoms with Crippen LogP contribution in [0, 0.1) is 0 Å². The first-order chi connectivity index (χ1) is 8.66. The second-order valence-corrected chi connectivity index (χ2v) is 6.41. The standard InChI is InChI=1S/C15H30N2O/c1-12(18)10-14-7-3-2-4-9-17(14)15-8-5-6-13(16)11-15/h12-15,18H,2-11,16H2,1H3. The lowest BCUT2D eigenvalue weighted by Gasteiger charge is -2.41. The fourth-order valence-corrected chi connectivity index (χ4v) is 3.83. The van der Waals surface area contributed by atoms with Crippen LogP contribution in [0.2, 0.25) is 0 Å². The van der Waals surface area contributed by atoms with Crippen LogP contribution in [0.15, 0.2) is 0 Å². The molecule has 3 nitrogen and oxygen atoms in total. The molecule has 0 bridgehead atoms. The summed E-state index contributed by atoms with van der Waals surface area (Å²) < 4.78 is 0. The Morgan fingerprint density at radius 1 is 1.17 bits per heavy atom. The minimum Gasteiger partial charge on any atom is -0.393 e. The third-order valence-electron chi connectivity index (χ3n) is 4.69. The van der Waals surface area contributed by atoms with E-state index in [-0.39, 0.29) is 6.10 Å². The summed E-state index contributed by atoms with van der Waals surface area (Å²) in [6.45, 7) is 3.14. The lowest BCUT2D eigenvalue weighted by molar-refractivity contribution is 0.0638. The topological polar surface area (TPSA) is 49.5 Å². The lowest BCUT2D eigenvalue weighted by atomic mass is 9.89. The summed E-state index contributed by atoms with van der Waals surface area (Å²) >= 11 is 0. The molecule has 0 aromatic carbocycles. The van der Waals surface area contributed by atoms with Crippen molar-refractivity contribution in [1.29, 1.82) is 0 Å². The van der Waals surface area contributed by atoms with E-state index in [0.29, 0.717) is 18.1 Å². The normalized spacial score (nSPS) is 37.2. The van der Waals surface area contributed by atoms with Gasteiger partial charge in [0.25, 0.3) is 0 Å². The van der Waals surface area contributed by atoms with E-state index in [1.165, 1.54) is 51.5 Å². The van der Waals surface area contributed by atoms with Crippen molar-refractivity contribution >= 4 is 0 Å².